The molecule has 4 aromatic rings. The number of primary amides is 2. The van der Waals surface area contributed by atoms with E-state index in [1.807, 2.05) is 60.0 Å². The predicted molar refractivity (Wildman–Crippen MR) is 134 cm³/mol. The minimum Gasteiger partial charge on any atom is -0.481 e. The molecule has 2 amide bonds. The van der Waals surface area contributed by atoms with Gasteiger partial charge in [-0.2, -0.15) is 0 Å². The van der Waals surface area contributed by atoms with Crippen LogP contribution in [0.15, 0.2) is 78.9 Å². The number of nitrogens with zero attached hydrogens (tertiary/aromatic N) is 1. The monoisotopic (exact) mass is 467 g/mol. The number of carboxylic acid groups (broad SMARTS) is 1. The van der Waals surface area contributed by atoms with E-state index < -0.39 is 17.8 Å². The molecule has 3 aromatic carbocycles. The molecule has 0 aliphatic heterocycles. The first kappa shape index (κ1) is 23.5. The van der Waals surface area contributed by atoms with E-state index in [-0.39, 0.29) is 6.42 Å². The van der Waals surface area contributed by atoms with Crippen molar-refractivity contribution in [2.24, 2.45) is 11.5 Å². The van der Waals surface area contributed by atoms with Gasteiger partial charge in [0.1, 0.15) is 0 Å². The Balaban J connectivity index is 1.77. The highest BCUT2D eigenvalue weighted by atomic mass is 16.4. The molecule has 176 valence electrons. The third-order valence-corrected chi connectivity index (χ3v) is 5.94. The molecular formula is C28H25N3O4. The molecular weight excluding hydrogens is 442 g/mol. The molecule has 0 radical (unpaired) electrons. The molecule has 35 heavy (non-hydrogen) atoms. The lowest BCUT2D eigenvalue weighted by Crippen LogP contribution is -2.12. The number of aliphatic carboxylic acids is 1. The van der Waals surface area contributed by atoms with Crippen LogP contribution in [0.2, 0.25) is 0 Å². The van der Waals surface area contributed by atoms with Crippen molar-refractivity contribution in [2.45, 2.75) is 19.8 Å². The molecule has 0 aliphatic carbocycles. The molecule has 0 aliphatic rings. The molecule has 7 nitrogen and oxygen atoms in total. The van der Waals surface area contributed by atoms with Gasteiger partial charge in [0.2, 0.25) is 11.8 Å². The minimum atomic E-state index is -0.873. The summed E-state index contributed by atoms with van der Waals surface area (Å²) in [6, 6.07) is 24.1. The first-order valence-corrected chi connectivity index (χ1v) is 11.1. The molecule has 0 spiro atoms. The Bertz CT molecular complexity index is 1440. The highest BCUT2D eigenvalue weighted by molar-refractivity contribution is 5.94. The molecule has 1 aromatic heterocycles. The van der Waals surface area contributed by atoms with Crippen molar-refractivity contribution in [1.82, 2.24) is 4.57 Å². The molecule has 0 saturated carbocycles. The van der Waals surface area contributed by atoms with Crippen LogP contribution in [0.3, 0.4) is 0 Å². The molecule has 1 heterocycles. The maximum Gasteiger partial charge on any atom is 0.303 e. The predicted octanol–water partition coefficient (Wildman–Crippen LogP) is 4.33. The number of aromatic nitrogens is 1. The number of carbonyl (C=O) groups excluding carboxylic acids is 2. The Morgan fingerprint density at radius 3 is 2.06 bits per heavy atom. The summed E-state index contributed by atoms with van der Waals surface area (Å²) in [5, 5.41) is 9.22. The van der Waals surface area contributed by atoms with Crippen molar-refractivity contribution >= 4 is 17.8 Å². The number of aryl methyl sites for hydroxylation is 2. The van der Waals surface area contributed by atoms with E-state index in [1.165, 1.54) is 0 Å². The fraction of sp³-hybridized carbons (Fsp3) is 0.107. The minimum absolute atomic E-state index is 0.00296. The number of benzene rings is 3. The van der Waals surface area contributed by atoms with Gasteiger partial charge >= 0.3 is 5.97 Å². The van der Waals surface area contributed by atoms with Crippen molar-refractivity contribution in [3.05, 3.63) is 101 Å². The number of hydrogen-bond donors (Lipinski definition) is 3. The van der Waals surface area contributed by atoms with E-state index in [1.54, 1.807) is 30.3 Å². The van der Waals surface area contributed by atoms with E-state index in [9.17, 15) is 19.5 Å². The summed E-state index contributed by atoms with van der Waals surface area (Å²) in [5.74, 6) is -1.86. The second-order valence-electron chi connectivity index (χ2n) is 8.33. The summed E-state index contributed by atoms with van der Waals surface area (Å²) in [6.45, 7) is 1.89. The van der Waals surface area contributed by atoms with Crippen LogP contribution in [-0.4, -0.2) is 27.5 Å². The maximum absolute atomic E-state index is 11.6. The number of hydrogen-bond acceptors (Lipinski definition) is 3. The number of carboxylic acids is 1. The Kier molecular flexibility index (Phi) is 6.51. The highest BCUT2D eigenvalue weighted by Crippen LogP contribution is 2.31. The van der Waals surface area contributed by atoms with Crippen LogP contribution in [0.1, 0.15) is 38.4 Å². The van der Waals surface area contributed by atoms with Crippen LogP contribution in [-0.2, 0) is 11.2 Å². The molecule has 0 saturated heterocycles. The van der Waals surface area contributed by atoms with Gasteiger partial charge < -0.3 is 21.1 Å². The van der Waals surface area contributed by atoms with Crippen LogP contribution < -0.4 is 11.5 Å². The average Bonchev–Trinajstić information content (AvgIpc) is 3.26. The van der Waals surface area contributed by atoms with Gasteiger partial charge in [-0.05, 0) is 78.1 Å². The molecule has 0 atom stereocenters. The molecule has 5 N–H and O–H groups in total. The fourth-order valence-electron chi connectivity index (χ4n) is 4.16. The molecule has 7 heteroatoms. The molecule has 0 bridgehead atoms. The Hall–Kier alpha value is -4.65. The Morgan fingerprint density at radius 2 is 1.43 bits per heavy atom. The van der Waals surface area contributed by atoms with Crippen LogP contribution >= 0.6 is 0 Å². The van der Waals surface area contributed by atoms with Gasteiger partial charge in [0.15, 0.2) is 0 Å². The number of carbonyl (C=O) groups is 3. The van der Waals surface area contributed by atoms with E-state index in [2.05, 4.69) is 0 Å². The van der Waals surface area contributed by atoms with Crippen molar-refractivity contribution in [3.8, 4) is 28.1 Å². The fourth-order valence-corrected chi connectivity index (χ4v) is 4.16. The summed E-state index contributed by atoms with van der Waals surface area (Å²) in [5.41, 5.74) is 17.9. The Labute approximate surface area is 202 Å². The van der Waals surface area contributed by atoms with Crippen LogP contribution in [0.4, 0.5) is 0 Å². The summed E-state index contributed by atoms with van der Waals surface area (Å²) in [4.78, 5) is 34.4. The van der Waals surface area contributed by atoms with Gasteiger partial charge in [-0.15, -0.1) is 0 Å². The smallest absolute Gasteiger partial charge is 0.303 e. The lowest BCUT2D eigenvalue weighted by Gasteiger charge is -2.17. The van der Waals surface area contributed by atoms with Gasteiger partial charge in [-0.3, -0.25) is 14.4 Å². The first-order chi connectivity index (χ1) is 16.7. The second-order valence-corrected chi connectivity index (χ2v) is 8.33. The quantitative estimate of drug-likeness (QED) is 0.356. The summed E-state index contributed by atoms with van der Waals surface area (Å²) in [6.07, 6.45) is 0.349. The van der Waals surface area contributed by atoms with Crippen molar-refractivity contribution in [2.75, 3.05) is 0 Å². The number of rotatable bonds is 8. The third-order valence-electron chi connectivity index (χ3n) is 5.94. The third kappa shape index (κ3) is 4.99. The van der Waals surface area contributed by atoms with Crippen LogP contribution in [0, 0.1) is 6.92 Å². The first-order valence-electron chi connectivity index (χ1n) is 11.1. The number of nitrogens with two attached hydrogens (primary N) is 2. The van der Waals surface area contributed by atoms with Crippen LogP contribution in [0.5, 0.6) is 0 Å². The van der Waals surface area contributed by atoms with E-state index in [4.69, 9.17) is 11.5 Å². The SMILES string of the molecule is Cc1cc(C(N)=O)ccc1-n1c(CCC(=O)O)ccc1-c1ccc(-c2cccc(C(N)=O)c2)cc1. The lowest BCUT2D eigenvalue weighted by molar-refractivity contribution is -0.137. The average molecular weight is 468 g/mol. The van der Waals surface area contributed by atoms with Crippen molar-refractivity contribution in [3.63, 3.8) is 0 Å². The zero-order valence-electron chi connectivity index (χ0n) is 19.2. The van der Waals surface area contributed by atoms with Gasteiger partial charge in [-0.1, -0.05) is 36.4 Å². The zero-order valence-corrected chi connectivity index (χ0v) is 19.2. The molecule has 0 fully saturated rings. The van der Waals surface area contributed by atoms with Gasteiger partial charge in [0.05, 0.1) is 12.1 Å². The second kappa shape index (κ2) is 9.69. The Morgan fingerprint density at radius 1 is 0.771 bits per heavy atom. The van der Waals surface area contributed by atoms with Gasteiger partial charge in [-0.25, -0.2) is 0 Å². The van der Waals surface area contributed by atoms with E-state index in [0.29, 0.717) is 17.5 Å². The van der Waals surface area contributed by atoms with E-state index >= 15 is 0 Å². The normalized spacial score (nSPS) is 10.8. The largest absolute Gasteiger partial charge is 0.481 e. The summed E-state index contributed by atoms with van der Waals surface area (Å²) in [7, 11) is 0. The lowest BCUT2D eigenvalue weighted by atomic mass is 10.0. The molecule has 4 rings (SSSR count). The van der Waals surface area contributed by atoms with Gasteiger partial charge in [0.25, 0.3) is 0 Å². The molecule has 0 unspecified atom stereocenters. The standard InChI is InChI=1S/C28H25N3O4/c1-17-15-22(28(30)35)9-12-24(17)31-23(11-14-26(32)33)10-13-25(31)19-7-5-18(6-8-19)20-3-2-4-21(16-20)27(29)34/h2-10,12-13,15-16H,11,14H2,1H3,(H2,29,34)(H2,30,35)(H,32,33). The summed E-state index contributed by atoms with van der Waals surface area (Å²) >= 11 is 0. The van der Waals surface area contributed by atoms with Gasteiger partial charge in [0, 0.05) is 22.5 Å². The zero-order chi connectivity index (χ0) is 25.1. The van der Waals surface area contributed by atoms with Crippen LogP contribution in [0.25, 0.3) is 28.1 Å². The topological polar surface area (TPSA) is 128 Å². The highest BCUT2D eigenvalue weighted by Gasteiger charge is 2.16. The van der Waals surface area contributed by atoms with Crippen molar-refractivity contribution in [1.29, 1.82) is 0 Å². The summed E-state index contributed by atoms with van der Waals surface area (Å²) < 4.78 is 2.02. The maximum atomic E-state index is 11.6. The van der Waals surface area contributed by atoms with E-state index in [0.717, 1.165) is 39.3 Å². The number of amides is 2. The van der Waals surface area contributed by atoms with Crippen molar-refractivity contribution < 1.29 is 19.5 Å².